The molecule has 8 aromatic carbocycles. The molecular weight excluding hydrogens is 615 g/mol. The Balaban J connectivity index is 1.01. The van der Waals surface area contributed by atoms with Gasteiger partial charge < -0.3 is 4.40 Å². The fraction of sp³-hybridized carbons (Fsp3) is 0.0400. The summed E-state index contributed by atoms with van der Waals surface area (Å²) in [6.45, 7) is 4.44. The SMILES string of the molecule is Cc1ccc2c(c1)c1cc(-c3ccc(-c4cccc(-c5cccc(-c6ccc(-c7ccccc7)cc6)c5)c4)cc3C)cc3c4ccccc4n2c31. The molecule has 1 heteroatoms. The van der Waals surface area contributed by atoms with Crippen molar-refractivity contribution < 1.29 is 0 Å². The second-order valence-corrected chi connectivity index (χ2v) is 13.9. The molecule has 0 radical (unpaired) electrons. The molecule has 0 aliphatic carbocycles. The largest absolute Gasteiger partial charge is 0.308 e. The van der Waals surface area contributed by atoms with Crippen molar-refractivity contribution in [2.24, 2.45) is 0 Å². The fourth-order valence-electron chi connectivity index (χ4n) is 8.18. The molecule has 0 unspecified atom stereocenters. The van der Waals surface area contributed by atoms with Gasteiger partial charge in [0.1, 0.15) is 0 Å². The van der Waals surface area contributed by atoms with Crippen LogP contribution >= 0.6 is 0 Å². The molecule has 0 amide bonds. The molecule has 0 atom stereocenters. The molecule has 10 rings (SSSR count). The summed E-state index contributed by atoms with van der Waals surface area (Å²) in [6, 6.07) is 64.7. The van der Waals surface area contributed by atoms with E-state index in [0.717, 1.165) is 0 Å². The Morgan fingerprint density at radius 1 is 0.314 bits per heavy atom. The predicted octanol–water partition coefficient (Wildman–Crippen LogP) is 13.8. The number of fused-ring (bicyclic) bond motifs is 6. The van der Waals surface area contributed by atoms with Crippen LogP contribution in [0.15, 0.2) is 176 Å². The molecule has 240 valence electrons. The number of nitrogens with zero attached hydrogens (tertiary/aromatic N) is 1. The Labute approximate surface area is 298 Å². The van der Waals surface area contributed by atoms with Crippen LogP contribution in [0.4, 0.5) is 0 Å². The minimum Gasteiger partial charge on any atom is -0.308 e. The molecule has 1 nitrogen and oxygen atoms in total. The van der Waals surface area contributed by atoms with Crippen LogP contribution in [-0.4, -0.2) is 4.40 Å². The van der Waals surface area contributed by atoms with E-state index in [9.17, 15) is 0 Å². The van der Waals surface area contributed by atoms with Crippen LogP contribution in [-0.2, 0) is 0 Å². The van der Waals surface area contributed by atoms with Gasteiger partial charge in [0, 0.05) is 21.5 Å². The number of aromatic nitrogens is 1. The molecular formula is C50H35N. The molecule has 0 saturated carbocycles. The summed E-state index contributed by atoms with van der Waals surface area (Å²) in [6.07, 6.45) is 0. The van der Waals surface area contributed by atoms with E-state index in [1.807, 2.05) is 0 Å². The summed E-state index contributed by atoms with van der Waals surface area (Å²) in [7, 11) is 0. The Morgan fingerprint density at radius 2 is 0.824 bits per heavy atom. The molecule has 0 fully saturated rings. The Hall–Kier alpha value is -6.44. The first-order chi connectivity index (χ1) is 25.1. The lowest BCUT2D eigenvalue weighted by molar-refractivity contribution is 1.36. The van der Waals surface area contributed by atoms with E-state index >= 15 is 0 Å². The Bertz CT molecular complexity index is 2910. The molecule has 0 aliphatic heterocycles. The number of benzene rings is 8. The second kappa shape index (κ2) is 11.6. The highest BCUT2D eigenvalue weighted by molar-refractivity contribution is 6.24. The third kappa shape index (κ3) is 4.85. The van der Waals surface area contributed by atoms with Gasteiger partial charge in [-0.05, 0) is 118 Å². The van der Waals surface area contributed by atoms with Gasteiger partial charge >= 0.3 is 0 Å². The average Bonchev–Trinajstić information content (AvgIpc) is 3.69. The van der Waals surface area contributed by atoms with Crippen molar-refractivity contribution in [1.82, 2.24) is 4.40 Å². The zero-order chi connectivity index (χ0) is 34.1. The van der Waals surface area contributed by atoms with Gasteiger partial charge in [-0.15, -0.1) is 0 Å². The molecule has 51 heavy (non-hydrogen) atoms. The van der Waals surface area contributed by atoms with Gasteiger partial charge in [-0.2, -0.15) is 0 Å². The van der Waals surface area contributed by atoms with E-state index < -0.39 is 0 Å². The number of para-hydroxylation sites is 1. The number of hydrogen-bond donors (Lipinski definition) is 0. The molecule has 2 heterocycles. The average molecular weight is 650 g/mol. The molecule has 0 aliphatic rings. The first-order valence-corrected chi connectivity index (χ1v) is 17.8. The van der Waals surface area contributed by atoms with E-state index in [1.54, 1.807) is 0 Å². The summed E-state index contributed by atoms with van der Waals surface area (Å²) >= 11 is 0. The van der Waals surface area contributed by atoms with E-state index in [1.165, 1.54) is 105 Å². The highest BCUT2D eigenvalue weighted by atomic mass is 14.9. The van der Waals surface area contributed by atoms with E-state index in [-0.39, 0.29) is 0 Å². The van der Waals surface area contributed by atoms with Gasteiger partial charge in [-0.3, -0.25) is 0 Å². The minimum atomic E-state index is 1.22. The fourth-order valence-corrected chi connectivity index (χ4v) is 8.18. The minimum absolute atomic E-state index is 1.22. The third-order valence-electron chi connectivity index (χ3n) is 10.7. The number of aryl methyl sites for hydroxylation is 2. The second-order valence-electron chi connectivity index (χ2n) is 13.9. The Kier molecular flexibility index (Phi) is 6.69. The molecule has 2 aromatic heterocycles. The van der Waals surface area contributed by atoms with Crippen molar-refractivity contribution in [3.05, 3.63) is 187 Å². The molecule has 0 spiro atoms. The lowest BCUT2D eigenvalue weighted by Gasteiger charge is -2.12. The van der Waals surface area contributed by atoms with Crippen LogP contribution in [0.25, 0.3) is 93.7 Å². The molecule has 0 bridgehead atoms. The summed E-state index contributed by atoms with van der Waals surface area (Å²) in [4.78, 5) is 0. The van der Waals surface area contributed by atoms with Gasteiger partial charge in [0.2, 0.25) is 0 Å². The van der Waals surface area contributed by atoms with Gasteiger partial charge in [0.05, 0.1) is 16.6 Å². The standard InChI is InChI=1S/C50H35N/c1-32-18-25-49-45(26-32)47-31-42(30-46-44-16-6-7-17-48(44)51(49)50(46)47)43-24-23-41(27-33(43)2)40-15-9-14-39(29-40)38-13-8-12-37(28-38)36-21-19-35(20-22-36)34-10-4-3-5-11-34/h3-31H,1-2H3. The van der Waals surface area contributed by atoms with Crippen LogP contribution in [0.5, 0.6) is 0 Å². The predicted molar refractivity (Wildman–Crippen MR) is 218 cm³/mol. The van der Waals surface area contributed by atoms with Gasteiger partial charge in [0.15, 0.2) is 0 Å². The maximum absolute atomic E-state index is 2.46. The van der Waals surface area contributed by atoms with Gasteiger partial charge in [0.25, 0.3) is 0 Å². The first kappa shape index (κ1) is 29.5. The monoisotopic (exact) mass is 649 g/mol. The molecule has 0 saturated heterocycles. The van der Waals surface area contributed by atoms with Gasteiger partial charge in [-0.25, -0.2) is 0 Å². The van der Waals surface area contributed by atoms with Crippen molar-refractivity contribution >= 4 is 38.1 Å². The summed E-state index contributed by atoms with van der Waals surface area (Å²) in [5.41, 5.74) is 18.8. The van der Waals surface area contributed by atoms with Crippen molar-refractivity contribution in [2.75, 3.05) is 0 Å². The lowest BCUT2D eigenvalue weighted by atomic mass is 9.92. The summed E-state index contributed by atoms with van der Waals surface area (Å²) < 4.78 is 2.46. The van der Waals surface area contributed by atoms with E-state index in [2.05, 4.69) is 194 Å². The van der Waals surface area contributed by atoms with Crippen LogP contribution in [0.3, 0.4) is 0 Å². The van der Waals surface area contributed by atoms with Crippen LogP contribution in [0, 0.1) is 13.8 Å². The van der Waals surface area contributed by atoms with Crippen molar-refractivity contribution in [3.63, 3.8) is 0 Å². The van der Waals surface area contributed by atoms with Crippen LogP contribution < -0.4 is 0 Å². The zero-order valence-corrected chi connectivity index (χ0v) is 28.7. The first-order valence-electron chi connectivity index (χ1n) is 17.8. The van der Waals surface area contributed by atoms with Crippen LogP contribution in [0.1, 0.15) is 11.1 Å². The molecule has 10 aromatic rings. The third-order valence-corrected chi connectivity index (χ3v) is 10.7. The maximum Gasteiger partial charge on any atom is 0.0620 e. The van der Waals surface area contributed by atoms with Crippen LogP contribution in [0.2, 0.25) is 0 Å². The van der Waals surface area contributed by atoms with Crippen molar-refractivity contribution in [1.29, 1.82) is 0 Å². The summed E-state index contributed by atoms with van der Waals surface area (Å²) in [5.74, 6) is 0. The van der Waals surface area contributed by atoms with E-state index in [4.69, 9.17) is 0 Å². The smallest absolute Gasteiger partial charge is 0.0620 e. The zero-order valence-electron chi connectivity index (χ0n) is 28.7. The molecule has 0 N–H and O–H groups in total. The highest BCUT2D eigenvalue weighted by Gasteiger charge is 2.19. The highest BCUT2D eigenvalue weighted by Crippen LogP contribution is 2.43. The number of hydrogen-bond acceptors (Lipinski definition) is 0. The quantitative estimate of drug-likeness (QED) is 0.175. The number of rotatable bonds is 5. The lowest BCUT2D eigenvalue weighted by Crippen LogP contribution is -1.87. The van der Waals surface area contributed by atoms with Gasteiger partial charge in [-0.1, -0.05) is 139 Å². The maximum atomic E-state index is 2.46. The van der Waals surface area contributed by atoms with Crippen molar-refractivity contribution in [2.45, 2.75) is 13.8 Å². The van der Waals surface area contributed by atoms with E-state index in [0.29, 0.717) is 0 Å². The summed E-state index contributed by atoms with van der Waals surface area (Å²) in [5, 5.41) is 5.27. The topological polar surface area (TPSA) is 4.41 Å². The van der Waals surface area contributed by atoms with Crippen molar-refractivity contribution in [3.8, 4) is 55.6 Å². The normalized spacial score (nSPS) is 11.7. The Morgan fingerprint density at radius 3 is 1.51 bits per heavy atom.